The standard InChI is InChI=1S/C27H23F2N5O5S/c1-14-9-16(39-23-6-4-5-18(28)25(23)29)7-8-22(14)34-27(30)17(13-31-34)26(35)21-10-15-11-24(38-2)20(12-19(15)32-21)33-40(3,36)37/h4-13,32-33H,30H2,1-3H3. The quantitative estimate of drug-likeness (QED) is 0.226. The van der Waals surface area contributed by atoms with Crippen LogP contribution in [0.15, 0.2) is 60.8 Å². The number of nitrogens with zero attached hydrogens (tertiary/aromatic N) is 2. The second-order valence-electron chi connectivity index (χ2n) is 8.98. The molecule has 0 bridgehead atoms. The second kappa shape index (κ2) is 10.0. The van der Waals surface area contributed by atoms with Gasteiger partial charge in [-0.2, -0.15) is 9.49 Å². The number of carbonyl (C=O) groups excluding carboxylic acids is 1. The predicted octanol–water partition coefficient (Wildman–Crippen LogP) is 4.93. The molecule has 2 aromatic heterocycles. The summed E-state index contributed by atoms with van der Waals surface area (Å²) < 4.78 is 65.5. The van der Waals surface area contributed by atoms with Crippen molar-refractivity contribution in [1.29, 1.82) is 0 Å². The fraction of sp³-hybridized carbons (Fsp3) is 0.111. The number of methoxy groups -OCH3 is 1. The maximum absolute atomic E-state index is 14.0. The van der Waals surface area contributed by atoms with Crippen molar-refractivity contribution < 1.29 is 31.5 Å². The molecule has 0 radical (unpaired) electrons. The van der Waals surface area contributed by atoms with Crippen LogP contribution in [-0.2, 0) is 10.0 Å². The Labute approximate surface area is 227 Å². The van der Waals surface area contributed by atoms with Gasteiger partial charge in [0.1, 0.15) is 17.3 Å². The molecular formula is C27H23F2N5O5S. The average Bonchev–Trinajstić information content (AvgIpc) is 3.48. The second-order valence-corrected chi connectivity index (χ2v) is 10.7. The number of nitrogens with one attached hydrogen (secondary N) is 2. The number of nitrogen functional groups attached to an aromatic ring is 1. The Morgan fingerprint density at radius 2 is 1.88 bits per heavy atom. The molecule has 0 atom stereocenters. The van der Waals surface area contributed by atoms with Crippen LogP contribution < -0.4 is 19.9 Å². The van der Waals surface area contributed by atoms with Crippen molar-refractivity contribution in [3.63, 3.8) is 0 Å². The number of H-pyrrole nitrogens is 1. The predicted molar refractivity (Wildman–Crippen MR) is 146 cm³/mol. The van der Waals surface area contributed by atoms with Gasteiger partial charge in [0, 0.05) is 10.9 Å². The Kier molecular flexibility index (Phi) is 6.67. The smallest absolute Gasteiger partial charge is 0.229 e. The van der Waals surface area contributed by atoms with Gasteiger partial charge in [0.05, 0.1) is 42.2 Å². The van der Waals surface area contributed by atoms with Gasteiger partial charge in [-0.05, 0) is 61.0 Å². The summed E-state index contributed by atoms with van der Waals surface area (Å²) in [5.74, 6) is -2.18. The molecule has 0 aliphatic rings. The first-order valence-corrected chi connectivity index (χ1v) is 13.6. The lowest BCUT2D eigenvalue weighted by molar-refractivity contribution is 0.103. The third-order valence-corrected chi connectivity index (χ3v) is 6.66. The first-order valence-electron chi connectivity index (χ1n) is 11.7. The van der Waals surface area contributed by atoms with Crippen LogP contribution in [0.2, 0.25) is 0 Å². The van der Waals surface area contributed by atoms with Gasteiger partial charge in [0.15, 0.2) is 11.6 Å². The molecule has 0 amide bonds. The van der Waals surface area contributed by atoms with Gasteiger partial charge in [0.25, 0.3) is 0 Å². The molecule has 2 heterocycles. The molecule has 4 N–H and O–H groups in total. The molecule has 5 aromatic rings. The number of halogens is 2. The summed E-state index contributed by atoms with van der Waals surface area (Å²) in [4.78, 5) is 16.3. The SMILES string of the molecule is COc1cc2cc(C(=O)c3cnn(-c4ccc(Oc5cccc(F)c5F)cc4C)c3N)[nH]c2cc1NS(C)(=O)=O. The van der Waals surface area contributed by atoms with E-state index in [1.54, 1.807) is 37.3 Å². The number of nitrogens with two attached hydrogens (primary N) is 1. The third-order valence-electron chi connectivity index (χ3n) is 6.07. The van der Waals surface area contributed by atoms with Gasteiger partial charge >= 0.3 is 0 Å². The topological polar surface area (TPSA) is 141 Å². The number of aromatic nitrogens is 3. The van der Waals surface area contributed by atoms with Crippen LogP contribution in [0.5, 0.6) is 17.2 Å². The van der Waals surface area contributed by atoms with Crippen molar-refractivity contribution in [2.24, 2.45) is 0 Å². The van der Waals surface area contributed by atoms with E-state index in [9.17, 15) is 22.0 Å². The Balaban J connectivity index is 1.44. The van der Waals surface area contributed by atoms with E-state index >= 15 is 0 Å². The summed E-state index contributed by atoms with van der Waals surface area (Å²) in [5.41, 5.74) is 8.57. The molecular weight excluding hydrogens is 544 g/mol. The van der Waals surface area contributed by atoms with E-state index in [4.69, 9.17) is 15.2 Å². The number of aryl methyl sites for hydroxylation is 1. The zero-order chi connectivity index (χ0) is 28.8. The van der Waals surface area contributed by atoms with Gasteiger partial charge < -0.3 is 20.2 Å². The van der Waals surface area contributed by atoms with Crippen molar-refractivity contribution in [3.8, 4) is 22.9 Å². The average molecular weight is 568 g/mol. The number of anilines is 2. The summed E-state index contributed by atoms with van der Waals surface area (Å²) in [6.45, 7) is 1.75. The Hall–Kier alpha value is -4.91. The van der Waals surface area contributed by atoms with Crippen LogP contribution in [-0.4, -0.2) is 42.3 Å². The van der Waals surface area contributed by atoms with Gasteiger partial charge in [-0.25, -0.2) is 17.5 Å². The fourth-order valence-corrected chi connectivity index (χ4v) is 4.78. The molecule has 206 valence electrons. The maximum atomic E-state index is 14.0. The molecule has 0 spiro atoms. The Bertz CT molecular complexity index is 1900. The fourth-order valence-electron chi connectivity index (χ4n) is 4.22. The monoisotopic (exact) mass is 567 g/mol. The lowest BCUT2D eigenvalue weighted by atomic mass is 10.1. The van der Waals surface area contributed by atoms with Crippen molar-refractivity contribution in [2.75, 3.05) is 23.8 Å². The summed E-state index contributed by atoms with van der Waals surface area (Å²) in [5, 5.41) is 4.90. The van der Waals surface area contributed by atoms with E-state index in [2.05, 4.69) is 14.8 Å². The summed E-state index contributed by atoms with van der Waals surface area (Å²) in [6, 6.07) is 13.2. The number of benzene rings is 3. The molecule has 0 aliphatic heterocycles. The molecule has 0 unspecified atom stereocenters. The molecule has 0 saturated carbocycles. The zero-order valence-corrected chi connectivity index (χ0v) is 22.3. The highest BCUT2D eigenvalue weighted by atomic mass is 32.2. The first kappa shape index (κ1) is 26.7. The number of carbonyl (C=O) groups is 1. The van der Waals surface area contributed by atoms with E-state index in [-0.39, 0.29) is 40.0 Å². The highest BCUT2D eigenvalue weighted by Crippen LogP contribution is 2.33. The maximum Gasteiger partial charge on any atom is 0.229 e. The molecule has 40 heavy (non-hydrogen) atoms. The Morgan fingerprint density at radius 1 is 1.10 bits per heavy atom. The number of ketones is 1. The van der Waals surface area contributed by atoms with Crippen molar-refractivity contribution in [3.05, 3.63) is 89.2 Å². The minimum atomic E-state index is -3.56. The van der Waals surface area contributed by atoms with Crippen LogP contribution in [0.3, 0.4) is 0 Å². The minimum absolute atomic E-state index is 0.0774. The number of aromatic amines is 1. The molecule has 3 aromatic carbocycles. The van der Waals surface area contributed by atoms with Gasteiger partial charge in [-0.1, -0.05) is 6.07 Å². The summed E-state index contributed by atoms with van der Waals surface area (Å²) in [7, 11) is -2.16. The van der Waals surface area contributed by atoms with Crippen LogP contribution in [0, 0.1) is 18.6 Å². The van der Waals surface area contributed by atoms with E-state index in [1.807, 2.05) is 0 Å². The molecule has 0 saturated heterocycles. The van der Waals surface area contributed by atoms with E-state index < -0.39 is 27.4 Å². The number of hydrogen-bond donors (Lipinski definition) is 3. The molecule has 0 aliphatic carbocycles. The van der Waals surface area contributed by atoms with Crippen LogP contribution in [0.25, 0.3) is 16.6 Å². The van der Waals surface area contributed by atoms with Gasteiger partial charge in [-0.15, -0.1) is 0 Å². The number of ether oxygens (including phenoxy) is 2. The van der Waals surface area contributed by atoms with Gasteiger partial charge in [-0.3, -0.25) is 9.52 Å². The van der Waals surface area contributed by atoms with Gasteiger partial charge in [0.2, 0.25) is 21.6 Å². The van der Waals surface area contributed by atoms with Crippen molar-refractivity contribution in [2.45, 2.75) is 6.92 Å². The highest BCUT2D eigenvalue weighted by molar-refractivity contribution is 7.92. The molecule has 0 fully saturated rings. The third kappa shape index (κ3) is 5.06. The van der Waals surface area contributed by atoms with E-state index in [1.165, 1.54) is 36.2 Å². The highest BCUT2D eigenvalue weighted by Gasteiger charge is 2.21. The van der Waals surface area contributed by atoms with E-state index in [0.29, 0.717) is 22.2 Å². The Morgan fingerprint density at radius 3 is 2.58 bits per heavy atom. The van der Waals surface area contributed by atoms with Crippen LogP contribution in [0.4, 0.5) is 20.3 Å². The number of sulfonamides is 1. The summed E-state index contributed by atoms with van der Waals surface area (Å²) >= 11 is 0. The number of fused-ring (bicyclic) bond motifs is 1. The molecule has 13 heteroatoms. The largest absolute Gasteiger partial charge is 0.495 e. The van der Waals surface area contributed by atoms with Crippen LogP contribution >= 0.6 is 0 Å². The lowest BCUT2D eigenvalue weighted by Crippen LogP contribution is -2.10. The van der Waals surface area contributed by atoms with Crippen molar-refractivity contribution in [1.82, 2.24) is 14.8 Å². The normalized spacial score (nSPS) is 11.5. The zero-order valence-electron chi connectivity index (χ0n) is 21.5. The van der Waals surface area contributed by atoms with Crippen LogP contribution in [0.1, 0.15) is 21.6 Å². The first-order chi connectivity index (χ1) is 18.9. The number of rotatable bonds is 8. The number of hydrogen-bond acceptors (Lipinski definition) is 7. The molecule has 5 rings (SSSR count). The van der Waals surface area contributed by atoms with E-state index in [0.717, 1.165) is 12.3 Å². The molecule has 10 nitrogen and oxygen atoms in total. The summed E-state index contributed by atoms with van der Waals surface area (Å²) in [6.07, 6.45) is 2.36. The van der Waals surface area contributed by atoms with Crippen molar-refractivity contribution >= 4 is 38.2 Å². The lowest BCUT2D eigenvalue weighted by Gasteiger charge is -2.12. The minimum Gasteiger partial charge on any atom is -0.495 e.